The van der Waals surface area contributed by atoms with Gasteiger partial charge in [0.1, 0.15) is 17.6 Å². The summed E-state index contributed by atoms with van der Waals surface area (Å²) in [7, 11) is 1.61. The van der Waals surface area contributed by atoms with Crippen LogP contribution in [0.5, 0.6) is 5.75 Å². The molecule has 142 valence electrons. The molecule has 28 heavy (non-hydrogen) atoms. The van der Waals surface area contributed by atoms with Crippen molar-refractivity contribution in [2.45, 2.75) is 19.4 Å². The summed E-state index contributed by atoms with van der Waals surface area (Å²) in [6.07, 6.45) is 0.0365. The first-order valence-corrected chi connectivity index (χ1v) is 8.96. The number of aromatic nitrogens is 2. The van der Waals surface area contributed by atoms with Crippen LogP contribution < -0.4 is 15.4 Å². The van der Waals surface area contributed by atoms with Gasteiger partial charge in [-0.25, -0.2) is 4.68 Å². The molecule has 3 aromatic rings. The third-order valence-electron chi connectivity index (χ3n) is 4.79. The number of carbonyl (C=O) groups excluding carboxylic acids is 2. The van der Waals surface area contributed by atoms with Crippen LogP contribution >= 0.6 is 0 Å². The third-order valence-corrected chi connectivity index (χ3v) is 4.79. The van der Waals surface area contributed by atoms with Crippen LogP contribution in [0.2, 0.25) is 0 Å². The number of para-hydroxylation sites is 1. The van der Waals surface area contributed by atoms with Gasteiger partial charge in [0.2, 0.25) is 11.8 Å². The summed E-state index contributed by atoms with van der Waals surface area (Å²) < 4.78 is 6.81. The molecule has 0 unspecified atom stereocenters. The fourth-order valence-corrected chi connectivity index (χ4v) is 3.31. The predicted octanol–water partition coefficient (Wildman–Crippen LogP) is 3.39. The zero-order valence-electron chi connectivity index (χ0n) is 15.6. The van der Waals surface area contributed by atoms with Crippen LogP contribution in [0.25, 0.3) is 11.3 Å². The average molecular weight is 376 g/mol. The number of carbonyl (C=O) groups is 2. The molecule has 0 bridgehead atoms. The first-order chi connectivity index (χ1) is 13.6. The summed E-state index contributed by atoms with van der Waals surface area (Å²) >= 11 is 0. The quantitative estimate of drug-likeness (QED) is 0.731. The first kappa shape index (κ1) is 17.8. The highest BCUT2D eigenvalue weighted by atomic mass is 16.5. The van der Waals surface area contributed by atoms with Gasteiger partial charge in [0.15, 0.2) is 0 Å². The molecule has 2 heterocycles. The molecule has 2 aromatic carbocycles. The minimum atomic E-state index is -0.713. The van der Waals surface area contributed by atoms with Gasteiger partial charge in [0.05, 0.1) is 19.2 Å². The Hall–Kier alpha value is -3.61. The van der Waals surface area contributed by atoms with Crippen molar-refractivity contribution in [2.75, 3.05) is 17.7 Å². The van der Waals surface area contributed by atoms with Crippen LogP contribution in [0.1, 0.15) is 18.0 Å². The zero-order chi connectivity index (χ0) is 19.7. The van der Waals surface area contributed by atoms with E-state index in [-0.39, 0.29) is 18.2 Å². The topological polar surface area (TPSA) is 85.2 Å². The van der Waals surface area contributed by atoms with Gasteiger partial charge in [-0.1, -0.05) is 18.2 Å². The van der Waals surface area contributed by atoms with Crippen molar-refractivity contribution in [1.82, 2.24) is 9.78 Å². The third kappa shape index (κ3) is 3.22. The standard InChI is InChI=1S/C21H20N4O3/c1-13-19(14-8-10-16(28-2)11-9-14)24-25-17(12-18(26)23-20(13)25)21(27)22-15-6-4-3-5-7-15/h3-11,17H,12H2,1-2H3,(H,22,27)(H,23,26)/t17-/m1/s1. The molecule has 0 fully saturated rings. The molecule has 0 saturated heterocycles. The number of hydrogen-bond donors (Lipinski definition) is 2. The Morgan fingerprint density at radius 2 is 1.89 bits per heavy atom. The molecular weight excluding hydrogens is 356 g/mol. The molecule has 7 nitrogen and oxygen atoms in total. The molecule has 0 spiro atoms. The van der Waals surface area contributed by atoms with Crippen molar-refractivity contribution in [1.29, 1.82) is 0 Å². The molecule has 0 saturated carbocycles. The number of rotatable bonds is 4. The highest BCUT2D eigenvalue weighted by molar-refractivity contribution is 6.02. The van der Waals surface area contributed by atoms with E-state index >= 15 is 0 Å². The molecule has 0 aliphatic carbocycles. The van der Waals surface area contributed by atoms with Crippen molar-refractivity contribution >= 4 is 23.3 Å². The van der Waals surface area contributed by atoms with Crippen molar-refractivity contribution < 1.29 is 14.3 Å². The summed E-state index contributed by atoms with van der Waals surface area (Å²) in [6, 6.07) is 16.0. The first-order valence-electron chi connectivity index (χ1n) is 8.96. The van der Waals surface area contributed by atoms with Crippen molar-refractivity contribution in [3.05, 3.63) is 60.2 Å². The summed E-state index contributed by atoms with van der Waals surface area (Å²) in [5.74, 6) is 0.824. The van der Waals surface area contributed by atoms with Crippen LogP contribution in [-0.2, 0) is 9.59 Å². The van der Waals surface area contributed by atoms with E-state index < -0.39 is 6.04 Å². The van der Waals surface area contributed by atoms with E-state index in [4.69, 9.17) is 4.74 Å². The molecule has 1 atom stereocenters. The fourth-order valence-electron chi connectivity index (χ4n) is 3.31. The molecule has 0 radical (unpaired) electrons. The van der Waals surface area contributed by atoms with Gasteiger partial charge in [-0.2, -0.15) is 5.10 Å². The van der Waals surface area contributed by atoms with Gasteiger partial charge in [-0.05, 0) is 43.3 Å². The SMILES string of the molecule is COc1ccc(-c2nn3c(c2C)NC(=O)C[C@@H]3C(=O)Nc2ccccc2)cc1. The maximum absolute atomic E-state index is 12.8. The zero-order valence-corrected chi connectivity index (χ0v) is 15.6. The fraction of sp³-hybridized carbons (Fsp3) is 0.190. The van der Waals surface area contributed by atoms with Crippen molar-refractivity contribution in [3.63, 3.8) is 0 Å². The maximum atomic E-state index is 12.8. The van der Waals surface area contributed by atoms with Crippen LogP contribution in [0.15, 0.2) is 54.6 Å². The number of nitrogens with one attached hydrogen (secondary N) is 2. The molecule has 2 amide bonds. The number of hydrogen-bond acceptors (Lipinski definition) is 4. The minimum Gasteiger partial charge on any atom is -0.497 e. The Labute approximate surface area is 162 Å². The Bertz CT molecular complexity index is 1030. The molecule has 4 rings (SSSR count). The van der Waals surface area contributed by atoms with E-state index in [0.29, 0.717) is 11.5 Å². The van der Waals surface area contributed by atoms with Gasteiger partial charge in [0.25, 0.3) is 0 Å². The van der Waals surface area contributed by atoms with E-state index in [1.54, 1.807) is 23.9 Å². The van der Waals surface area contributed by atoms with Gasteiger partial charge >= 0.3 is 0 Å². The van der Waals surface area contributed by atoms with E-state index in [0.717, 1.165) is 22.6 Å². The predicted molar refractivity (Wildman–Crippen MR) is 106 cm³/mol. The van der Waals surface area contributed by atoms with Gasteiger partial charge in [-0.15, -0.1) is 0 Å². The molecule has 7 heteroatoms. The Morgan fingerprint density at radius 1 is 1.18 bits per heavy atom. The smallest absolute Gasteiger partial charge is 0.249 e. The van der Waals surface area contributed by atoms with Crippen LogP contribution in [0.4, 0.5) is 11.5 Å². The number of anilines is 2. The second-order valence-corrected chi connectivity index (χ2v) is 6.62. The van der Waals surface area contributed by atoms with E-state index in [9.17, 15) is 9.59 Å². The van der Waals surface area contributed by atoms with E-state index in [2.05, 4.69) is 15.7 Å². The molecule has 2 N–H and O–H groups in total. The monoisotopic (exact) mass is 376 g/mol. The Kier molecular flexibility index (Phi) is 4.57. The minimum absolute atomic E-state index is 0.0365. The summed E-state index contributed by atoms with van der Waals surface area (Å²) in [6.45, 7) is 1.89. The lowest BCUT2D eigenvalue weighted by atomic mass is 10.1. The lowest BCUT2D eigenvalue weighted by molar-refractivity contribution is -0.125. The van der Waals surface area contributed by atoms with E-state index in [1.165, 1.54) is 0 Å². The maximum Gasteiger partial charge on any atom is 0.249 e. The number of benzene rings is 2. The van der Waals surface area contributed by atoms with Crippen molar-refractivity contribution in [2.24, 2.45) is 0 Å². The number of fused-ring (bicyclic) bond motifs is 1. The van der Waals surface area contributed by atoms with Gasteiger partial charge in [-0.3, -0.25) is 9.59 Å². The lowest BCUT2D eigenvalue weighted by Gasteiger charge is -2.24. The largest absolute Gasteiger partial charge is 0.497 e. The highest BCUT2D eigenvalue weighted by Gasteiger charge is 2.34. The van der Waals surface area contributed by atoms with Gasteiger partial charge < -0.3 is 15.4 Å². The molecule has 1 aliphatic rings. The van der Waals surface area contributed by atoms with Gasteiger partial charge in [0, 0.05) is 16.8 Å². The molecule has 1 aliphatic heterocycles. The molecule has 1 aromatic heterocycles. The lowest BCUT2D eigenvalue weighted by Crippen LogP contribution is -2.35. The number of ether oxygens (including phenoxy) is 1. The number of amides is 2. The normalized spacial score (nSPS) is 15.5. The van der Waals surface area contributed by atoms with Crippen LogP contribution in [-0.4, -0.2) is 28.7 Å². The van der Waals surface area contributed by atoms with Crippen LogP contribution in [0, 0.1) is 6.92 Å². The summed E-state index contributed by atoms with van der Waals surface area (Å²) in [5, 5.41) is 10.4. The van der Waals surface area contributed by atoms with Crippen molar-refractivity contribution in [3.8, 4) is 17.0 Å². The number of nitrogens with zero attached hydrogens (tertiary/aromatic N) is 2. The van der Waals surface area contributed by atoms with E-state index in [1.807, 2.05) is 49.4 Å². The second-order valence-electron chi connectivity index (χ2n) is 6.62. The number of methoxy groups -OCH3 is 1. The summed E-state index contributed by atoms with van der Waals surface area (Å²) in [5.41, 5.74) is 3.10. The molecular formula is C21H20N4O3. The van der Waals surface area contributed by atoms with Crippen LogP contribution in [0.3, 0.4) is 0 Å². The summed E-state index contributed by atoms with van der Waals surface area (Å²) in [4.78, 5) is 25.1. The second kappa shape index (κ2) is 7.19. The Balaban J connectivity index is 1.69. The Morgan fingerprint density at radius 3 is 2.57 bits per heavy atom. The average Bonchev–Trinajstić information content (AvgIpc) is 3.04. The highest BCUT2D eigenvalue weighted by Crippen LogP contribution is 2.35.